The summed E-state index contributed by atoms with van der Waals surface area (Å²) in [7, 11) is 0. The largest absolute Gasteiger partial charge is 0.366 e. The van der Waals surface area contributed by atoms with E-state index in [1.54, 1.807) is 6.20 Å². The zero-order valence-corrected chi connectivity index (χ0v) is 12.1. The molecule has 1 rings (SSSR count). The molecule has 0 amide bonds. The predicted molar refractivity (Wildman–Crippen MR) is 81.0 cm³/mol. The maximum absolute atomic E-state index is 5.91. The van der Waals surface area contributed by atoms with Gasteiger partial charge < -0.3 is 10.2 Å². The quantitative estimate of drug-likeness (QED) is 0.829. The van der Waals surface area contributed by atoms with Gasteiger partial charge in [-0.15, -0.1) is 0 Å². The molecular formula is C15H21ClN2. The molecule has 0 radical (unpaired) electrons. The van der Waals surface area contributed by atoms with Gasteiger partial charge in [-0.2, -0.15) is 0 Å². The lowest BCUT2D eigenvalue weighted by atomic mass is 10.2. The summed E-state index contributed by atoms with van der Waals surface area (Å²) in [5.41, 5.74) is 3.62. The number of nitrogens with one attached hydrogen (secondary N) is 1. The van der Waals surface area contributed by atoms with E-state index in [4.69, 9.17) is 11.6 Å². The van der Waals surface area contributed by atoms with Crippen molar-refractivity contribution in [2.45, 2.75) is 20.8 Å². The summed E-state index contributed by atoms with van der Waals surface area (Å²) in [6, 6.07) is 7.93. The average molecular weight is 265 g/mol. The molecule has 0 aliphatic rings. The van der Waals surface area contributed by atoms with Crippen molar-refractivity contribution in [1.82, 2.24) is 5.32 Å². The number of rotatable bonds is 6. The monoisotopic (exact) mass is 264 g/mol. The first-order chi connectivity index (χ1) is 8.58. The fourth-order valence-electron chi connectivity index (χ4n) is 1.70. The van der Waals surface area contributed by atoms with Gasteiger partial charge in [0.2, 0.25) is 0 Å². The molecule has 1 aromatic rings. The summed E-state index contributed by atoms with van der Waals surface area (Å²) < 4.78 is 0. The summed E-state index contributed by atoms with van der Waals surface area (Å²) >= 11 is 5.91. The third-order valence-electron chi connectivity index (χ3n) is 2.80. The van der Waals surface area contributed by atoms with Crippen molar-refractivity contribution in [2.24, 2.45) is 0 Å². The number of benzene rings is 1. The van der Waals surface area contributed by atoms with Crippen molar-refractivity contribution in [2.75, 3.05) is 18.0 Å². The maximum atomic E-state index is 5.91. The summed E-state index contributed by atoms with van der Waals surface area (Å²) in [5, 5.41) is 3.97. The van der Waals surface area contributed by atoms with E-state index in [1.807, 2.05) is 24.3 Å². The first-order valence-corrected chi connectivity index (χ1v) is 6.50. The Morgan fingerprint density at radius 2 is 1.94 bits per heavy atom. The molecule has 0 spiro atoms. The van der Waals surface area contributed by atoms with Gasteiger partial charge in [0, 0.05) is 23.0 Å². The molecule has 2 nitrogen and oxygen atoms in total. The highest BCUT2D eigenvalue weighted by Crippen LogP contribution is 2.19. The van der Waals surface area contributed by atoms with E-state index in [9.17, 15) is 0 Å². The Bertz CT molecular complexity index is 417. The topological polar surface area (TPSA) is 15.3 Å². The van der Waals surface area contributed by atoms with Gasteiger partial charge in [0.1, 0.15) is 0 Å². The van der Waals surface area contributed by atoms with Crippen LogP contribution < -0.4 is 10.2 Å². The van der Waals surface area contributed by atoms with E-state index in [0.717, 1.165) is 18.1 Å². The number of hydrogen-bond donors (Lipinski definition) is 1. The molecule has 0 saturated carbocycles. The Labute approximate surface area is 115 Å². The first kappa shape index (κ1) is 14.7. The van der Waals surface area contributed by atoms with E-state index in [1.165, 1.54) is 17.0 Å². The molecule has 0 aliphatic heterocycles. The van der Waals surface area contributed by atoms with Gasteiger partial charge in [0.15, 0.2) is 0 Å². The van der Waals surface area contributed by atoms with Crippen molar-refractivity contribution < 1.29 is 0 Å². The van der Waals surface area contributed by atoms with Gasteiger partial charge in [-0.3, -0.25) is 0 Å². The second kappa shape index (κ2) is 7.12. The van der Waals surface area contributed by atoms with Crippen LogP contribution in [-0.4, -0.2) is 13.1 Å². The Morgan fingerprint density at radius 3 is 2.39 bits per heavy atom. The molecule has 98 valence electrons. The zero-order valence-electron chi connectivity index (χ0n) is 11.3. The van der Waals surface area contributed by atoms with Crippen LogP contribution in [0.3, 0.4) is 0 Å². The molecule has 18 heavy (non-hydrogen) atoms. The van der Waals surface area contributed by atoms with Crippen molar-refractivity contribution in [3.8, 4) is 0 Å². The minimum atomic E-state index is 0.765. The van der Waals surface area contributed by atoms with E-state index < -0.39 is 0 Å². The molecule has 1 N–H and O–H groups in total. The number of nitrogens with zero attached hydrogens (tertiary/aromatic N) is 1. The summed E-state index contributed by atoms with van der Waals surface area (Å²) in [5.74, 6) is 0. The van der Waals surface area contributed by atoms with Crippen molar-refractivity contribution >= 4 is 17.3 Å². The Balaban J connectivity index is 2.87. The molecule has 1 aromatic carbocycles. The van der Waals surface area contributed by atoms with Crippen LogP contribution in [-0.2, 0) is 0 Å². The molecule has 0 saturated heterocycles. The highest BCUT2D eigenvalue weighted by molar-refractivity contribution is 6.30. The maximum Gasteiger partial charge on any atom is 0.0579 e. The third-order valence-corrected chi connectivity index (χ3v) is 3.05. The molecule has 0 aliphatic carbocycles. The normalized spacial score (nSPS) is 9.78. The van der Waals surface area contributed by atoms with Crippen molar-refractivity contribution in [3.05, 3.63) is 53.3 Å². The Morgan fingerprint density at radius 1 is 1.33 bits per heavy atom. The average Bonchev–Trinajstić information content (AvgIpc) is 2.35. The Hall–Kier alpha value is -1.41. The van der Waals surface area contributed by atoms with E-state index in [-0.39, 0.29) is 0 Å². The fraction of sp³-hybridized carbons (Fsp3) is 0.333. The molecular weight excluding hydrogens is 244 g/mol. The lowest BCUT2D eigenvalue weighted by Crippen LogP contribution is -2.29. The molecule has 0 aromatic heterocycles. The third kappa shape index (κ3) is 4.11. The van der Waals surface area contributed by atoms with Gasteiger partial charge in [0.05, 0.1) is 6.54 Å². The molecule has 0 atom stereocenters. The zero-order chi connectivity index (χ0) is 13.5. The number of allylic oxidation sites excluding steroid dienone is 1. The first-order valence-electron chi connectivity index (χ1n) is 6.12. The summed E-state index contributed by atoms with van der Waals surface area (Å²) in [6.07, 6.45) is 1.72. The van der Waals surface area contributed by atoms with Gasteiger partial charge in [0.25, 0.3) is 0 Å². The Kier molecular flexibility index (Phi) is 5.79. The van der Waals surface area contributed by atoms with Gasteiger partial charge in [-0.05, 0) is 51.2 Å². The lowest BCUT2D eigenvalue weighted by Gasteiger charge is -2.25. The number of halogens is 1. The second-order valence-corrected chi connectivity index (χ2v) is 4.75. The highest BCUT2D eigenvalue weighted by Gasteiger charge is 2.07. The van der Waals surface area contributed by atoms with E-state index in [2.05, 4.69) is 37.6 Å². The molecule has 3 heteroatoms. The minimum Gasteiger partial charge on any atom is -0.366 e. The van der Waals surface area contributed by atoms with Crippen LogP contribution in [0, 0.1) is 0 Å². The van der Waals surface area contributed by atoms with Crippen LogP contribution >= 0.6 is 11.6 Å². The molecule has 0 heterocycles. The van der Waals surface area contributed by atoms with Crippen LogP contribution in [0.25, 0.3) is 0 Å². The van der Waals surface area contributed by atoms with Crippen molar-refractivity contribution in [3.63, 3.8) is 0 Å². The second-order valence-electron chi connectivity index (χ2n) is 4.32. The van der Waals surface area contributed by atoms with Crippen LogP contribution in [0.5, 0.6) is 0 Å². The number of hydrogen-bond acceptors (Lipinski definition) is 2. The van der Waals surface area contributed by atoms with Crippen molar-refractivity contribution in [1.29, 1.82) is 0 Å². The fourth-order valence-corrected chi connectivity index (χ4v) is 1.83. The van der Waals surface area contributed by atoms with Crippen LogP contribution in [0.1, 0.15) is 20.8 Å². The van der Waals surface area contributed by atoms with Gasteiger partial charge >= 0.3 is 0 Å². The summed E-state index contributed by atoms with van der Waals surface area (Å²) in [6.45, 7) is 11.8. The SMILES string of the molecule is C=CNC(CN(CC)c1ccc(Cl)cc1)=C(C)C. The number of likely N-dealkylation sites (N-methyl/N-ethyl adjacent to an activating group) is 1. The van der Waals surface area contributed by atoms with Gasteiger partial charge in [-0.1, -0.05) is 23.8 Å². The van der Waals surface area contributed by atoms with Gasteiger partial charge in [-0.25, -0.2) is 0 Å². The summed E-state index contributed by atoms with van der Waals surface area (Å²) in [4.78, 5) is 2.29. The molecule has 0 bridgehead atoms. The molecule has 0 fully saturated rings. The standard InChI is InChI=1S/C15H21ClN2/c1-5-17-15(12(3)4)11-18(6-2)14-9-7-13(16)8-10-14/h5,7-10,17H,1,6,11H2,2-4H3. The van der Waals surface area contributed by atoms with Crippen LogP contribution in [0.2, 0.25) is 5.02 Å². The van der Waals surface area contributed by atoms with Crippen LogP contribution in [0.15, 0.2) is 48.3 Å². The smallest absolute Gasteiger partial charge is 0.0579 e. The highest BCUT2D eigenvalue weighted by atomic mass is 35.5. The van der Waals surface area contributed by atoms with E-state index >= 15 is 0 Å². The molecule has 0 unspecified atom stereocenters. The van der Waals surface area contributed by atoms with E-state index in [0.29, 0.717) is 0 Å². The number of anilines is 1. The lowest BCUT2D eigenvalue weighted by molar-refractivity contribution is 0.826. The minimum absolute atomic E-state index is 0.765. The predicted octanol–water partition coefficient (Wildman–Crippen LogP) is 4.19. The van der Waals surface area contributed by atoms with Crippen LogP contribution in [0.4, 0.5) is 5.69 Å².